The number of nitrogens with one attached hydrogen (secondary N) is 1. The van der Waals surface area contributed by atoms with Gasteiger partial charge in [0.05, 0.1) is 17.9 Å². The largest absolute Gasteiger partial charge is 0.493 e. The number of carbonyl (C=O) groups is 1. The number of rotatable bonds is 5. The molecule has 0 spiro atoms. The summed E-state index contributed by atoms with van der Waals surface area (Å²) in [5.74, 6) is 0.343. The van der Waals surface area contributed by atoms with Gasteiger partial charge in [0.1, 0.15) is 5.75 Å². The van der Waals surface area contributed by atoms with Crippen LogP contribution in [0.25, 0.3) is 11.3 Å². The summed E-state index contributed by atoms with van der Waals surface area (Å²) in [6, 6.07) is 15.1. The zero-order chi connectivity index (χ0) is 16.9. The maximum Gasteiger partial charge on any atom is 0.261 e. The first-order chi connectivity index (χ1) is 11.7. The Morgan fingerprint density at radius 2 is 2.08 bits per heavy atom. The van der Waals surface area contributed by atoms with Crippen molar-refractivity contribution in [3.05, 3.63) is 63.9 Å². The first-order valence-corrected chi connectivity index (χ1v) is 9.09. The van der Waals surface area contributed by atoms with Crippen LogP contribution in [-0.2, 0) is 0 Å². The van der Waals surface area contributed by atoms with Crippen LogP contribution in [0.2, 0.25) is 0 Å². The summed E-state index contributed by atoms with van der Waals surface area (Å²) in [6.07, 6.45) is 0. The van der Waals surface area contributed by atoms with Gasteiger partial charge in [-0.3, -0.25) is 10.1 Å². The summed E-state index contributed by atoms with van der Waals surface area (Å²) < 4.78 is 6.49. The Balaban J connectivity index is 1.79. The van der Waals surface area contributed by atoms with Crippen LogP contribution in [0.3, 0.4) is 0 Å². The van der Waals surface area contributed by atoms with Gasteiger partial charge in [-0.25, -0.2) is 4.98 Å². The summed E-state index contributed by atoms with van der Waals surface area (Å²) in [7, 11) is 0. The first-order valence-electron chi connectivity index (χ1n) is 7.42. The van der Waals surface area contributed by atoms with Crippen molar-refractivity contribution in [3.63, 3.8) is 0 Å². The van der Waals surface area contributed by atoms with Crippen LogP contribution in [0, 0.1) is 0 Å². The van der Waals surface area contributed by atoms with Crippen molar-refractivity contribution in [3.8, 4) is 17.0 Å². The molecule has 0 unspecified atom stereocenters. The number of hydrogen-bond donors (Lipinski definition) is 1. The van der Waals surface area contributed by atoms with Crippen LogP contribution in [0.5, 0.6) is 5.75 Å². The van der Waals surface area contributed by atoms with Crippen LogP contribution in [0.1, 0.15) is 17.3 Å². The standard InChI is InChI=1S/C18H15BrN2O2S/c1-2-23-16-9-4-3-8-14(16)17(22)21-18-20-15(11-24-18)12-6-5-7-13(19)10-12/h3-11H,2H2,1H3,(H,20,21,22). The Kier molecular flexibility index (Phi) is 5.27. The molecule has 3 rings (SSSR count). The zero-order valence-electron chi connectivity index (χ0n) is 13.0. The van der Waals surface area contributed by atoms with E-state index in [1.165, 1.54) is 11.3 Å². The third-order valence-corrected chi connectivity index (χ3v) is 4.53. The van der Waals surface area contributed by atoms with Crippen LogP contribution < -0.4 is 10.1 Å². The highest BCUT2D eigenvalue weighted by Crippen LogP contribution is 2.28. The molecule has 0 radical (unpaired) electrons. The summed E-state index contributed by atoms with van der Waals surface area (Å²) in [5, 5.41) is 5.32. The van der Waals surface area contributed by atoms with E-state index in [-0.39, 0.29) is 5.91 Å². The fourth-order valence-corrected chi connectivity index (χ4v) is 3.33. The van der Waals surface area contributed by atoms with E-state index in [1.807, 2.05) is 48.7 Å². The smallest absolute Gasteiger partial charge is 0.261 e. The van der Waals surface area contributed by atoms with Crippen molar-refractivity contribution in [1.82, 2.24) is 4.98 Å². The molecule has 0 saturated heterocycles. The second kappa shape index (κ2) is 7.59. The zero-order valence-corrected chi connectivity index (χ0v) is 15.4. The number of amides is 1. The molecular weight excluding hydrogens is 388 g/mol. The van der Waals surface area contributed by atoms with Crippen molar-refractivity contribution in [2.24, 2.45) is 0 Å². The molecule has 1 aromatic heterocycles. The van der Waals surface area contributed by atoms with Crippen molar-refractivity contribution in [1.29, 1.82) is 0 Å². The van der Waals surface area contributed by atoms with Crippen LogP contribution >= 0.6 is 27.3 Å². The normalized spacial score (nSPS) is 10.4. The monoisotopic (exact) mass is 402 g/mol. The third-order valence-electron chi connectivity index (χ3n) is 3.28. The molecule has 0 aliphatic rings. The maximum absolute atomic E-state index is 12.5. The molecule has 0 aliphatic heterocycles. The van der Waals surface area contributed by atoms with E-state index in [0.29, 0.717) is 23.1 Å². The van der Waals surface area contributed by atoms with Crippen molar-refractivity contribution in [2.45, 2.75) is 6.92 Å². The van der Waals surface area contributed by atoms with E-state index in [1.54, 1.807) is 12.1 Å². The van der Waals surface area contributed by atoms with Crippen molar-refractivity contribution in [2.75, 3.05) is 11.9 Å². The molecule has 0 bridgehead atoms. The fourth-order valence-electron chi connectivity index (χ4n) is 2.21. The Morgan fingerprint density at radius 3 is 2.88 bits per heavy atom. The lowest BCUT2D eigenvalue weighted by Gasteiger charge is -2.08. The van der Waals surface area contributed by atoms with Crippen molar-refractivity contribution >= 4 is 38.3 Å². The number of halogens is 1. The molecule has 1 heterocycles. The van der Waals surface area contributed by atoms with E-state index >= 15 is 0 Å². The average molecular weight is 403 g/mol. The second-order valence-electron chi connectivity index (χ2n) is 4.93. The molecule has 2 aromatic carbocycles. The van der Waals surface area contributed by atoms with Gasteiger partial charge in [0, 0.05) is 15.4 Å². The lowest BCUT2D eigenvalue weighted by atomic mass is 10.2. The molecule has 1 amide bonds. The number of nitrogens with zero attached hydrogens (tertiary/aromatic N) is 1. The molecule has 0 aliphatic carbocycles. The SMILES string of the molecule is CCOc1ccccc1C(=O)Nc1nc(-c2cccc(Br)c2)cs1. The van der Waals surface area contributed by atoms with Crippen LogP contribution in [0.15, 0.2) is 58.4 Å². The van der Waals surface area contributed by atoms with Gasteiger partial charge in [0.15, 0.2) is 5.13 Å². The van der Waals surface area contributed by atoms with Crippen LogP contribution in [-0.4, -0.2) is 17.5 Å². The molecular formula is C18H15BrN2O2S. The van der Waals surface area contributed by atoms with Gasteiger partial charge in [0.2, 0.25) is 0 Å². The Bertz CT molecular complexity index is 863. The molecule has 24 heavy (non-hydrogen) atoms. The Hall–Kier alpha value is -2.18. The molecule has 4 nitrogen and oxygen atoms in total. The number of carbonyl (C=O) groups excluding carboxylic acids is 1. The minimum Gasteiger partial charge on any atom is -0.493 e. The summed E-state index contributed by atoms with van der Waals surface area (Å²) in [6.45, 7) is 2.40. The van der Waals surface area contributed by atoms with Gasteiger partial charge in [0.25, 0.3) is 5.91 Å². The molecule has 0 saturated carbocycles. The van der Waals surface area contributed by atoms with E-state index in [9.17, 15) is 4.79 Å². The highest BCUT2D eigenvalue weighted by molar-refractivity contribution is 9.10. The number of thiazole rings is 1. The summed E-state index contributed by atoms with van der Waals surface area (Å²) >= 11 is 4.85. The molecule has 6 heteroatoms. The van der Waals surface area contributed by atoms with E-state index in [0.717, 1.165) is 15.7 Å². The molecule has 122 valence electrons. The number of hydrogen-bond acceptors (Lipinski definition) is 4. The van der Waals surface area contributed by atoms with E-state index in [4.69, 9.17) is 4.74 Å². The van der Waals surface area contributed by atoms with Crippen LogP contribution in [0.4, 0.5) is 5.13 Å². The number of ether oxygens (including phenoxy) is 1. The average Bonchev–Trinajstić information content (AvgIpc) is 3.04. The number of aromatic nitrogens is 1. The second-order valence-corrected chi connectivity index (χ2v) is 6.71. The fraction of sp³-hybridized carbons (Fsp3) is 0.111. The summed E-state index contributed by atoms with van der Waals surface area (Å²) in [5.41, 5.74) is 2.32. The predicted octanol–water partition coefficient (Wildman–Crippen LogP) is 5.22. The molecule has 0 fully saturated rings. The van der Waals surface area contributed by atoms with Crippen molar-refractivity contribution < 1.29 is 9.53 Å². The molecule has 1 N–H and O–H groups in total. The lowest BCUT2D eigenvalue weighted by molar-refractivity contribution is 0.102. The maximum atomic E-state index is 12.5. The minimum atomic E-state index is -0.228. The Labute approximate surface area is 152 Å². The van der Waals surface area contributed by atoms with E-state index in [2.05, 4.69) is 26.2 Å². The quantitative estimate of drug-likeness (QED) is 0.635. The van der Waals surface area contributed by atoms with Gasteiger partial charge in [-0.05, 0) is 31.2 Å². The molecule has 0 atom stereocenters. The number of benzene rings is 2. The van der Waals surface area contributed by atoms with Gasteiger partial charge in [-0.1, -0.05) is 40.2 Å². The number of para-hydroxylation sites is 1. The highest BCUT2D eigenvalue weighted by atomic mass is 79.9. The van der Waals surface area contributed by atoms with Gasteiger partial charge in [-0.15, -0.1) is 11.3 Å². The number of anilines is 1. The third kappa shape index (κ3) is 3.83. The van der Waals surface area contributed by atoms with Gasteiger partial charge >= 0.3 is 0 Å². The minimum absolute atomic E-state index is 0.228. The Morgan fingerprint density at radius 1 is 1.25 bits per heavy atom. The first kappa shape index (κ1) is 16.7. The predicted molar refractivity (Wildman–Crippen MR) is 101 cm³/mol. The summed E-state index contributed by atoms with van der Waals surface area (Å²) in [4.78, 5) is 17.0. The molecule has 3 aromatic rings. The highest BCUT2D eigenvalue weighted by Gasteiger charge is 2.14. The topological polar surface area (TPSA) is 51.2 Å². The lowest BCUT2D eigenvalue weighted by Crippen LogP contribution is -2.13. The van der Waals surface area contributed by atoms with Gasteiger partial charge < -0.3 is 4.74 Å². The van der Waals surface area contributed by atoms with E-state index < -0.39 is 0 Å². The van der Waals surface area contributed by atoms with Gasteiger partial charge in [-0.2, -0.15) is 0 Å².